The highest BCUT2D eigenvalue weighted by Gasteiger charge is 2.12. The Hall–Kier alpha value is -1.31. The SMILES string of the molecule is CCCSCCCN(CC)CC(O)COc1ccc([N+](=O)[O-])cc1. The predicted molar refractivity (Wildman–Crippen MR) is 98.9 cm³/mol. The van der Waals surface area contributed by atoms with Gasteiger partial charge in [0.05, 0.1) is 4.92 Å². The fourth-order valence-electron chi connectivity index (χ4n) is 2.22. The van der Waals surface area contributed by atoms with E-state index >= 15 is 0 Å². The second-order valence-electron chi connectivity index (χ2n) is 5.57. The number of nitrogens with zero attached hydrogens (tertiary/aromatic N) is 2. The third-order valence-electron chi connectivity index (χ3n) is 3.52. The van der Waals surface area contributed by atoms with Gasteiger partial charge in [0.1, 0.15) is 18.5 Å². The molecule has 0 fully saturated rings. The van der Waals surface area contributed by atoms with Crippen LogP contribution in [0.4, 0.5) is 5.69 Å². The van der Waals surface area contributed by atoms with Crippen molar-refractivity contribution in [2.24, 2.45) is 0 Å². The summed E-state index contributed by atoms with van der Waals surface area (Å²) in [4.78, 5) is 12.4. The van der Waals surface area contributed by atoms with E-state index in [0.29, 0.717) is 12.3 Å². The molecule has 1 aromatic carbocycles. The molecule has 0 aliphatic heterocycles. The van der Waals surface area contributed by atoms with Crippen molar-refractivity contribution in [3.05, 3.63) is 34.4 Å². The zero-order chi connectivity index (χ0) is 17.8. The van der Waals surface area contributed by atoms with Gasteiger partial charge in [-0.2, -0.15) is 11.8 Å². The Labute approximate surface area is 148 Å². The highest BCUT2D eigenvalue weighted by atomic mass is 32.2. The number of nitro benzene ring substituents is 1. The summed E-state index contributed by atoms with van der Waals surface area (Å²) < 4.78 is 5.50. The molecule has 0 amide bonds. The second-order valence-corrected chi connectivity index (χ2v) is 6.80. The van der Waals surface area contributed by atoms with Crippen molar-refractivity contribution in [2.75, 3.05) is 37.7 Å². The molecule has 0 heterocycles. The van der Waals surface area contributed by atoms with Crippen LogP contribution in [0, 0.1) is 10.1 Å². The van der Waals surface area contributed by atoms with E-state index in [1.54, 1.807) is 12.1 Å². The molecule has 0 radical (unpaired) electrons. The molecule has 1 N–H and O–H groups in total. The Morgan fingerprint density at radius 2 is 2.00 bits per heavy atom. The van der Waals surface area contributed by atoms with Gasteiger partial charge in [-0.1, -0.05) is 13.8 Å². The van der Waals surface area contributed by atoms with E-state index in [-0.39, 0.29) is 12.3 Å². The average Bonchev–Trinajstić information content (AvgIpc) is 2.59. The van der Waals surface area contributed by atoms with Crippen LogP contribution in [0.25, 0.3) is 0 Å². The number of hydrogen-bond acceptors (Lipinski definition) is 6. The first kappa shape index (κ1) is 20.7. The van der Waals surface area contributed by atoms with Gasteiger partial charge in [0, 0.05) is 18.7 Å². The Morgan fingerprint density at radius 3 is 2.58 bits per heavy atom. The van der Waals surface area contributed by atoms with Crippen molar-refractivity contribution in [2.45, 2.75) is 32.8 Å². The van der Waals surface area contributed by atoms with E-state index in [2.05, 4.69) is 18.7 Å². The van der Waals surface area contributed by atoms with E-state index in [9.17, 15) is 15.2 Å². The summed E-state index contributed by atoms with van der Waals surface area (Å²) in [5.41, 5.74) is 0.0287. The molecular formula is C17H28N2O4S. The van der Waals surface area contributed by atoms with E-state index in [1.165, 1.54) is 24.3 Å². The van der Waals surface area contributed by atoms with Gasteiger partial charge in [-0.25, -0.2) is 0 Å². The summed E-state index contributed by atoms with van der Waals surface area (Å²) in [5, 5.41) is 20.7. The van der Waals surface area contributed by atoms with Crippen LogP contribution in [0.1, 0.15) is 26.7 Å². The van der Waals surface area contributed by atoms with Gasteiger partial charge in [0.15, 0.2) is 0 Å². The van der Waals surface area contributed by atoms with Gasteiger partial charge in [-0.15, -0.1) is 0 Å². The number of aliphatic hydroxyl groups is 1. The molecule has 6 nitrogen and oxygen atoms in total. The predicted octanol–water partition coefficient (Wildman–Crippen LogP) is 3.19. The minimum absolute atomic E-state index is 0.0287. The van der Waals surface area contributed by atoms with E-state index in [4.69, 9.17) is 4.74 Å². The minimum Gasteiger partial charge on any atom is -0.491 e. The molecule has 24 heavy (non-hydrogen) atoms. The lowest BCUT2D eigenvalue weighted by Gasteiger charge is -2.23. The summed E-state index contributed by atoms with van der Waals surface area (Å²) >= 11 is 1.97. The maximum atomic E-state index is 10.6. The molecule has 7 heteroatoms. The molecule has 1 atom stereocenters. The lowest BCUT2D eigenvalue weighted by molar-refractivity contribution is -0.384. The molecular weight excluding hydrogens is 328 g/mol. The number of non-ortho nitro benzene ring substituents is 1. The van der Waals surface area contributed by atoms with Crippen molar-refractivity contribution in [3.8, 4) is 5.75 Å². The smallest absolute Gasteiger partial charge is 0.269 e. The summed E-state index contributed by atoms with van der Waals surface area (Å²) in [5.74, 6) is 2.89. The van der Waals surface area contributed by atoms with Crippen molar-refractivity contribution in [1.29, 1.82) is 0 Å². The number of aliphatic hydroxyl groups excluding tert-OH is 1. The average molecular weight is 356 g/mol. The van der Waals surface area contributed by atoms with E-state index in [0.717, 1.165) is 25.3 Å². The van der Waals surface area contributed by atoms with Crippen LogP contribution in [0.15, 0.2) is 24.3 Å². The van der Waals surface area contributed by atoms with Crippen molar-refractivity contribution >= 4 is 17.4 Å². The largest absolute Gasteiger partial charge is 0.491 e. The Morgan fingerprint density at radius 1 is 1.29 bits per heavy atom. The topological polar surface area (TPSA) is 75.8 Å². The number of likely N-dealkylation sites (N-methyl/N-ethyl adjacent to an activating group) is 1. The lowest BCUT2D eigenvalue weighted by atomic mass is 10.3. The first-order chi connectivity index (χ1) is 11.6. The highest BCUT2D eigenvalue weighted by Crippen LogP contribution is 2.17. The van der Waals surface area contributed by atoms with Crippen LogP contribution < -0.4 is 4.74 Å². The van der Waals surface area contributed by atoms with Crippen molar-refractivity contribution in [3.63, 3.8) is 0 Å². The molecule has 0 saturated heterocycles. The molecule has 0 aliphatic carbocycles. The molecule has 1 aromatic rings. The highest BCUT2D eigenvalue weighted by molar-refractivity contribution is 7.99. The van der Waals surface area contributed by atoms with Gasteiger partial charge in [0.2, 0.25) is 0 Å². The van der Waals surface area contributed by atoms with Crippen molar-refractivity contribution in [1.82, 2.24) is 4.90 Å². The number of rotatable bonds is 13. The van der Waals surface area contributed by atoms with Crippen LogP contribution >= 0.6 is 11.8 Å². The van der Waals surface area contributed by atoms with E-state index in [1.807, 2.05) is 11.8 Å². The molecule has 1 rings (SSSR count). The van der Waals surface area contributed by atoms with Crippen LogP contribution in [0.5, 0.6) is 5.75 Å². The van der Waals surface area contributed by atoms with Gasteiger partial charge in [-0.3, -0.25) is 10.1 Å². The maximum Gasteiger partial charge on any atom is 0.269 e. The van der Waals surface area contributed by atoms with Gasteiger partial charge in [0.25, 0.3) is 5.69 Å². The fraction of sp³-hybridized carbons (Fsp3) is 0.647. The second kappa shape index (κ2) is 12.1. The fourth-order valence-corrected chi connectivity index (χ4v) is 3.05. The van der Waals surface area contributed by atoms with Crippen LogP contribution in [-0.4, -0.2) is 58.8 Å². The Balaban J connectivity index is 2.27. The first-order valence-electron chi connectivity index (χ1n) is 8.42. The third kappa shape index (κ3) is 8.52. The van der Waals surface area contributed by atoms with E-state index < -0.39 is 11.0 Å². The third-order valence-corrected chi connectivity index (χ3v) is 4.79. The molecule has 0 aliphatic rings. The zero-order valence-electron chi connectivity index (χ0n) is 14.5. The molecule has 1 unspecified atom stereocenters. The van der Waals surface area contributed by atoms with Crippen molar-refractivity contribution < 1.29 is 14.8 Å². The molecule has 0 bridgehead atoms. The van der Waals surface area contributed by atoms with Gasteiger partial charge < -0.3 is 14.7 Å². The lowest BCUT2D eigenvalue weighted by Crippen LogP contribution is -2.36. The first-order valence-corrected chi connectivity index (χ1v) is 9.57. The number of benzene rings is 1. The molecule has 0 saturated carbocycles. The number of hydrogen-bond donors (Lipinski definition) is 1. The summed E-state index contributed by atoms with van der Waals surface area (Å²) in [7, 11) is 0. The Kier molecular flexibility index (Phi) is 10.5. The van der Waals surface area contributed by atoms with Crippen LogP contribution in [-0.2, 0) is 0 Å². The Bertz CT molecular complexity index is 470. The maximum absolute atomic E-state index is 10.6. The van der Waals surface area contributed by atoms with Gasteiger partial charge in [-0.05, 0) is 49.6 Å². The summed E-state index contributed by atoms with van der Waals surface area (Å²) in [6.07, 6.45) is 1.75. The van der Waals surface area contributed by atoms with Crippen LogP contribution in [0.3, 0.4) is 0 Å². The normalized spacial score (nSPS) is 12.3. The molecule has 0 aromatic heterocycles. The standard InChI is InChI=1S/C17H28N2O4S/c1-3-11-24-12-5-10-18(4-2)13-16(20)14-23-17-8-6-15(7-9-17)19(21)22/h6-9,16,20H,3-5,10-14H2,1-2H3. The number of ether oxygens (including phenoxy) is 1. The monoisotopic (exact) mass is 356 g/mol. The summed E-state index contributed by atoms with van der Waals surface area (Å²) in [6.45, 7) is 6.89. The minimum atomic E-state index is -0.580. The quantitative estimate of drug-likeness (QED) is 0.332. The van der Waals surface area contributed by atoms with Crippen LogP contribution in [0.2, 0.25) is 0 Å². The molecule has 0 spiro atoms. The number of nitro groups is 1. The molecule has 136 valence electrons. The zero-order valence-corrected chi connectivity index (χ0v) is 15.3. The number of thioether (sulfide) groups is 1. The van der Waals surface area contributed by atoms with Gasteiger partial charge >= 0.3 is 0 Å². The summed E-state index contributed by atoms with van der Waals surface area (Å²) in [6, 6.07) is 5.89.